The van der Waals surface area contributed by atoms with Gasteiger partial charge >= 0.3 is 0 Å². The first kappa shape index (κ1) is 10.8. The molecule has 1 aromatic heterocycles. The topological polar surface area (TPSA) is 73.1 Å². The van der Waals surface area contributed by atoms with Gasteiger partial charge in [-0.25, -0.2) is 0 Å². The molecule has 1 saturated heterocycles. The van der Waals surface area contributed by atoms with Gasteiger partial charge in [-0.1, -0.05) is 11.3 Å². The molecule has 3 N–H and O–H groups in total. The first-order valence-electron chi connectivity index (χ1n) is 5.10. The van der Waals surface area contributed by atoms with Gasteiger partial charge in [0.05, 0.1) is 5.54 Å². The minimum absolute atomic E-state index is 0.0514. The third-order valence-corrected chi connectivity index (χ3v) is 3.49. The number of hydrogen-bond acceptors (Lipinski definition) is 6. The Labute approximate surface area is 93.0 Å². The van der Waals surface area contributed by atoms with Gasteiger partial charge in [0.25, 0.3) is 0 Å². The second kappa shape index (κ2) is 4.42. The zero-order valence-corrected chi connectivity index (χ0v) is 9.64. The Bertz CT molecular complexity index is 322. The van der Waals surface area contributed by atoms with E-state index in [1.165, 1.54) is 0 Å². The second-order valence-corrected chi connectivity index (χ2v) is 5.03. The minimum Gasteiger partial charge on any atom is -0.381 e. The molecule has 0 unspecified atom stereocenters. The maximum absolute atomic E-state index is 5.83. The van der Waals surface area contributed by atoms with Crippen molar-refractivity contribution < 1.29 is 4.74 Å². The lowest BCUT2D eigenvalue weighted by Gasteiger charge is -2.36. The van der Waals surface area contributed by atoms with E-state index in [0.29, 0.717) is 6.54 Å². The lowest BCUT2D eigenvalue weighted by atomic mass is 9.90. The molecule has 6 heteroatoms. The van der Waals surface area contributed by atoms with Crippen LogP contribution in [0.2, 0.25) is 0 Å². The predicted molar refractivity (Wildman–Crippen MR) is 60.1 cm³/mol. The number of nitrogens with two attached hydrogens (primary N) is 1. The summed E-state index contributed by atoms with van der Waals surface area (Å²) in [5.74, 6) is 0. The van der Waals surface area contributed by atoms with Crippen LogP contribution < -0.4 is 11.1 Å². The molecular weight excluding hydrogens is 212 g/mol. The maximum atomic E-state index is 5.83. The molecule has 0 aliphatic carbocycles. The Morgan fingerprint density at radius 3 is 2.73 bits per heavy atom. The van der Waals surface area contributed by atoms with E-state index < -0.39 is 0 Å². The van der Waals surface area contributed by atoms with Crippen molar-refractivity contribution in [2.24, 2.45) is 5.73 Å². The average molecular weight is 228 g/mol. The van der Waals surface area contributed by atoms with Crippen molar-refractivity contribution in [3.8, 4) is 0 Å². The van der Waals surface area contributed by atoms with Gasteiger partial charge in [0.1, 0.15) is 5.01 Å². The molecule has 5 nitrogen and oxygen atoms in total. The van der Waals surface area contributed by atoms with Gasteiger partial charge in [0.2, 0.25) is 5.13 Å². The lowest BCUT2D eigenvalue weighted by Crippen LogP contribution is -2.49. The molecule has 1 aliphatic rings. The first-order chi connectivity index (χ1) is 7.24. The van der Waals surface area contributed by atoms with Crippen molar-refractivity contribution in [3.63, 3.8) is 0 Å². The van der Waals surface area contributed by atoms with Gasteiger partial charge in [-0.15, -0.1) is 10.2 Å². The van der Waals surface area contributed by atoms with E-state index in [9.17, 15) is 0 Å². The molecule has 1 aromatic rings. The van der Waals surface area contributed by atoms with Crippen molar-refractivity contribution in [2.75, 3.05) is 25.1 Å². The Morgan fingerprint density at radius 2 is 2.20 bits per heavy atom. The SMILES string of the molecule is Cc1nnc(NC2(CN)CCOCC2)s1. The van der Waals surface area contributed by atoms with Crippen LogP contribution in [0.5, 0.6) is 0 Å². The van der Waals surface area contributed by atoms with Crippen molar-refractivity contribution in [1.82, 2.24) is 10.2 Å². The fourth-order valence-electron chi connectivity index (χ4n) is 1.72. The van der Waals surface area contributed by atoms with Crippen molar-refractivity contribution in [1.29, 1.82) is 0 Å². The molecule has 0 radical (unpaired) electrons. The van der Waals surface area contributed by atoms with Crippen molar-refractivity contribution in [3.05, 3.63) is 5.01 Å². The van der Waals surface area contributed by atoms with E-state index in [4.69, 9.17) is 10.5 Å². The Hall–Kier alpha value is -0.720. The third kappa shape index (κ3) is 2.45. The Balaban J connectivity index is 2.06. The highest BCUT2D eigenvalue weighted by atomic mass is 32.1. The van der Waals surface area contributed by atoms with Gasteiger partial charge in [-0.3, -0.25) is 0 Å². The van der Waals surface area contributed by atoms with E-state index in [0.717, 1.165) is 36.2 Å². The Morgan fingerprint density at radius 1 is 1.47 bits per heavy atom. The number of aryl methyl sites for hydroxylation is 1. The van der Waals surface area contributed by atoms with Crippen LogP contribution in [-0.4, -0.2) is 35.5 Å². The van der Waals surface area contributed by atoms with E-state index in [2.05, 4.69) is 15.5 Å². The van der Waals surface area contributed by atoms with Gasteiger partial charge in [-0.05, 0) is 19.8 Å². The summed E-state index contributed by atoms with van der Waals surface area (Å²) in [6.07, 6.45) is 1.87. The number of anilines is 1. The molecule has 15 heavy (non-hydrogen) atoms. The molecule has 1 aliphatic heterocycles. The predicted octanol–water partition coefficient (Wildman–Crippen LogP) is 0.766. The quantitative estimate of drug-likeness (QED) is 0.799. The van der Waals surface area contributed by atoms with E-state index >= 15 is 0 Å². The lowest BCUT2D eigenvalue weighted by molar-refractivity contribution is 0.0628. The number of aromatic nitrogens is 2. The van der Waals surface area contributed by atoms with Crippen LogP contribution in [0.25, 0.3) is 0 Å². The molecule has 0 spiro atoms. The molecule has 2 rings (SSSR count). The van der Waals surface area contributed by atoms with Crippen LogP contribution in [0.3, 0.4) is 0 Å². The normalized spacial score (nSPS) is 20.1. The van der Waals surface area contributed by atoms with Crippen LogP contribution in [-0.2, 0) is 4.74 Å². The first-order valence-corrected chi connectivity index (χ1v) is 5.92. The molecule has 2 heterocycles. The molecule has 0 saturated carbocycles. The van der Waals surface area contributed by atoms with Crippen molar-refractivity contribution >= 4 is 16.5 Å². The molecule has 0 aromatic carbocycles. The molecule has 1 fully saturated rings. The largest absolute Gasteiger partial charge is 0.381 e. The monoisotopic (exact) mass is 228 g/mol. The molecule has 84 valence electrons. The van der Waals surface area contributed by atoms with Crippen LogP contribution in [0.15, 0.2) is 0 Å². The summed E-state index contributed by atoms with van der Waals surface area (Å²) in [4.78, 5) is 0. The van der Waals surface area contributed by atoms with Crippen LogP contribution in [0.4, 0.5) is 5.13 Å². The van der Waals surface area contributed by atoms with Gasteiger partial charge in [0.15, 0.2) is 0 Å². The van der Waals surface area contributed by atoms with Crippen LogP contribution >= 0.6 is 11.3 Å². The van der Waals surface area contributed by atoms with Crippen LogP contribution in [0, 0.1) is 6.92 Å². The molecule has 0 bridgehead atoms. The number of nitrogens with one attached hydrogen (secondary N) is 1. The summed E-state index contributed by atoms with van der Waals surface area (Å²) in [7, 11) is 0. The van der Waals surface area contributed by atoms with E-state index in [1.807, 2.05) is 6.92 Å². The van der Waals surface area contributed by atoms with Crippen molar-refractivity contribution in [2.45, 2.75) is 25.3 Å². The zero-order chi connectivity index (χ0) is 10.7. The highest BCUT2D eigenvalue weighted by Gasteiger charge is 2.31. The highest BCUT2D eigenvalue weighted by Crippen LogP contribution is 2.26. The maximum Gasteiger partial charge on any atom is 0.206 e. The van der Waals surface area contributed by atoms with E-state index in [-0.39, 0.29) is 5.54 Å². The second-order valence-electron chi connectivity index (χ2n) is 3.85. The number of rotatable bonds is 3. The van der Waals surface area contributed by atoms with Gasteiger partial charge < -0.3 is 15.8 Å². The summed E-state index contributed by atoms with van der Waals surface area (Å²) in [6.45, 7) is 4.08. The third-order valence-electron chi connectivity index (χ3n) is 2.74. The smallest absolute Gasteiger partial charge is 0.206 e. The average Bonchev–Trinajstić information content (AvgIpc) is 2.65. The summed E-state index contributed by atoms with van der Waals surface area (Å²) in [5.41, 5.74) is 5.78. The highest BCUT2D eigenvalue weighted by molar-refractivity contribution is 7.15. The summed E-state index contributed by atoms with van der Waals surface area (Å²) < 4.78 is 5.34. The fourth-order valence-corrected chi connectivity index (χ4v) is 2.43. The Kier molecular flexibility index (Phi) is 3.18. The molecule has 0 amide bonds. The molecular formula is C9H16N4OS. The number of ether oxygens (including phenoxy) is 1. The van der Waals surface area contributed by atoms with Crippen LogP contribution in [0.1, 0.15) is 17.8 Å². The summed E-state index contributed by atoms with van der Waals surface area (Å²) >= 11 is 1.57. The summed E-state index contributed by atoms with van der Waals surface area (Å²) in [6, 6.07) is 0. The fraction of sp³-hybridized carbons (Fsp3) is 0.778. The number of nitrogens with zero attached hydrogens (tertiary/aromatic N) is 2. The van der Waals surface area contributed by atoms with E-state index in [1.54, 1.807) is 11.3 Å². The standard InChI is InChI=1S/C9H16N4OS/c1-7-12-13-8(15-7)11-9(6-10)2-4-14-5-3-9/h2-6,10H2,1H3,(H,11,13). The summed E-state index contributed by atoms with van der Waals surface area (Å²) in [5, 5.41) is 13.3. The molecule has 0 atom stereocenters. The number of hydrogen-bond donors (Lipinski definition) is 2. The van der Waals surface area contributed by atoms with Gasteiger partial charge in [-0.2, -0.15) is 0 Å². The zero-order valence-electron chi connectivity index (χ0n) is 8.82. The van der Waals surface area contributed by atoms with Gasteiger partial charge in [0, 0.05) is 19.8 Å². The minimum atomic E-state index is -0.0514.